The number of imidazole rings is 1. The molecule has 5 heterocycles. The van der Waals surface area contributed by atoms with Crippen molar-refractivity contribution in [3.8, 4) is 23.3 Å². The van der Waals surface area contributed by atoms with E-state index in [9.17, 15) is 23.5 Å². The van der Waals surface area contributed by atoms with E-state index in [1.807, 2.05) is 6.07 Å². The third-order valence-corrected chi connectivity index (χ3v) is 6.89. The maximum Gasteiger partial charge on any atom is 0.354 e. The maximum absolute atomic E-state index is 14.4. The first-order valence-electron chi connectivity index (χ1n) is 13.0. The molecule has 216 valence electrons. The molecular weight excluding hydrogens is 564 g/mol. The van der Waals surface area contributed by atoms with E-state index >= 15 is 0 Å². The number of fused-ring (bicyclic) bond motifs is 1. The summed E-state index contributed by atoms with van der Waals surface area (Å²) in [5.74, 6) is -2.65. The van der Waals surface area contributed by atoms with E-state index in [1.54, 1.807) is 16.7 Å². The van der Waals surface area contributed by atoms with Crippen molar-refractivity contribution in [2.24, 2.45) is 0 Å². The molecule has 0 radical (unpaired) electrons. The van der Waals surface area contributed by atoms with Crippen LogP contribution >= 0.6 is 0 Å². The number of benzene rings is 1. The fourth-order valence-corrected chi connectivity index (χ4v) is 4.51. The Kier molecular flexibility index (Phi) is 7.31. The van der Waals surface area contributed by atoms with E-state index in [-0.39, 0.29) is 41.9 Å². The van der Waals surface area contributed by atoms with Crippen LogP contribution in [0.5, 0.6) is 5.88 Å². The number of nitrogens with zero attached hydrogens (tertiary/aromatic N) is 7. The second-order valence-electron chi connectivity index (χ2n) is 9.70. The van der Waals surface area contributed by atoms with E-state index in [4.69, 9.17) is 14.7 Å². The fourth-order valence-electron chi connectivity index (χ4n) is 4.51. The van der Waals surface area contributed by atoms with E-state index in [0.29, 0.717) is 35.7 Å². The number of halogens is 2. The van der Waals surface area contributed by atoms with Crippen LogP contribution < -0.4 is 10.3 Å². The molecule has 1 unspecified atom stereocenters. The minimum Gasteiger partial charge on any atom is -0.477 e. The van der Waals surface area contributed by atoms with Crippen LogP contribution in [0.1, 0.15) is 33.9 Å². The highest BCUT2D eigenvalue weighted by Crippen LogP contribution is 2.23. The monoisotopic (exact) mass is 585 g/mol. The van der Waals surface area contributed by atoms with Crippen LogP contribution in [0.4, 0.5) is 8.78 Å². The summed E-state index contributed by atoms with van der Waals surface area (Å²) in [5, 5.41) is 18.3. The third kappa shape index (κ3) is 5.66. The Morgan fingerprint density at radius 1 is 1.14 bits per heavy atom. The fraction of sp³-hybridized carbons (Fsp3) is 0.207. The van der Waals surface area contributed by atoms with Gasteiger partial charge in [0, 0.05) is 30.0 Å². The van der Waals surface area contributed by atoms with Gasteiger partial charge >= 0.3 is 5.97 Å². The van der Waals surface area contributed by atoms with Crippen LogP contribution in [0.15, 0.2) is 59.7 Å². The molecule has 1 atom stereocenters. The quantitative estimate of drug-likeness (QED) is 0.272. The van der Waals surface area contributed by atoms with E-state index < -0.39 is 29.0 Å². The van der Waals surface area contributed by atoms with Gasteiger partial charge in [0.05, 0.1) is 37.0 Å². The molecular formula is C29H21F2N7O5. The molecule has 1 aliphatic heterocycles. The highest BCUT2D eigenvalue weighted by Gasteiger charge is 2.23. The van der Waals surface area contributed by atoms with Crippen LogP contribution in [0.25, 0.3) is 22.6 Å². The molecule has 1 aromatic carbocycles. The standard InChI is InChI=1S/C29H21F2N7O5/c30-20-9-16(11-32)1-2-18(20)15-43-28-21(31)12-33-26(36-28)17-5-7-37(25(39)10-17)14-24-34-22-3-4-23(29(40)41)35-27(22)38(24)13-19-6-8-42-19/h1-5,7,9-10,12,19H,6,8,13-15H2,(H,40,41). The Morgan fingerprint density at radius 2 is 1.98 bits per heavy atom. The molecule has 1 aliphatic rings. The molecule has 43 heavy (non-hydrogen) atoms. The molecule has 1 saturated heterocycles. The minimum atomic E-state index is -1.17. The van der Waals surface area contributed by atoms with E-state index in [2.05, 4.69) is 19.9 Å². The summed E-state index contributed by atoms with van der Waals surface area (Å²) >= 11 is 0. The van der Waals surface area contributed by atoms with Gasteiger partial charge in [-0.3, -0.25) is 4.79 Å². The molecule has 0 aliphatic carbocycles. The first-order chi connectivity index (χ1) is 20.8. The van der Waals surface area contributed by atoms with Crippen molar-refractivity contribution < 1.29 is 28.2 Å². The number of carboxylic acid groups (broad SMARTS) is 1. The summed E-state index contributed by atoms with van der Waals surface area (Å²) in [6, 6.07) is 11.4. The second kappa shape index (κ2) is 11.4. The van der Waals surface area contributed by atoms with Gasteiger partial charge in [0.2, 0.25) is 5.82 Å². The van der Waals surface area contributed by atoms with Crippen molar-refractivity contribution in [3.63, 3.8) is 0 Å². The Bertz CT molecular complexity index is 1980. The Balaban J connectivity index is 1.25. The average Bonchev–Trinajstić information content (AvgIpc) is 3.31. The van der Waals surface area contributed by atoms with Crippen LogP contribution in [0.3, 0.4) is 0 Å². The molecule has 14 heteroatoms. The van der Waals surface area contributed by atoms with Crippen LogP contribution in [0, 0.1) is 23.0 Å². The van der Waals surface area contributed by atoms with Gasteiger partial charge in [0.15, 0.2) is 17.2 Å². The predicted molar refractivity (Wildman–Crippen MR) is 145 cm³/mol. The average molecular weight is 586 g/mol. The van der Waals surface area contributed by atoms with Crippen LogP contribution in [-0.2, 0) is 24.4 Å². The molecule has 0 amide bonds. The van der Waals surface area contributed by atoms with Crippen molar-refractivity contribution in [1.29, 1.82) is 5.26 Å². The normalized spacial score (nSPS) is 14.3. The summed E-state index contributed by atoms with van der Waals surface area (Å²) in [6.07, 6.45) is 3.15. The Morgan fingerprint density at radius 3 is 2.67 bits per heavy atom. The molecule has 4 aromatic heterocycles. The smallest absolute Gasteiger partial charge is 0.354 e. The molecule has 5 aromatic rings. The highest BCUT2D eigenvalue weighted by molar-refractivity contribution is 5.88. The van der Waals surface area contributed by atoms with Gasteiger partial charge < -0.3 is 23.7 Å². The van der Waals surface area contributed by atoms with Gasteiger partial charge in [-0.25, -0.2) is 24.1 Å². The zero-order valence-electron chi connectivity index (χ0n) is 22.3. The lowest BCUT2D eigenvalue weighted by atomic mass is 10.1. The number of carbonyl (C=O) groups is 1. The van der Waals surface area contributed by atoms with E-state index in [0.717, 1.165) is 18.7 Å². The molecule has 0 bridgehead atoms. The number of pyridine rings is 2. The number of aromatic nitrogens is 6. The third-order valence-electron chi connectivity index (χ3n) is 6.89. The summed E-state index contributed by atoms with van der Waals surface area (Å²) in [4.78, 5) is 41.5. The maximum atomic E-state index is 14.4. The molecule has 12 nitrogen and oxygen atoms in total. The van der Waals surface area contributed by atoms with Crippen molar-refractivity contribution >= 4 is 17.1 Å². The van der Waals surface area contributed by atoms with Gasteiger partial charge in [-0.2, -0.15) is 14.6 Å². The van der Waals surface area contributed by atoms with Gasteiger partial charge in [-0.15, -0.1) is 0 Å². The lowest BCUT2D eigenvalue weighted by Crippen LogP contribution is -2.32. The number of aromatic carboxylic acids is 1. The minimum absolute atomic E-state index is 0.0146. The Hall–Kier alpha value is -5.55. The zero-order chi connectivity index (χ0) is 30.1. The van der Waals surface area contributed by atoms with Gasteiger partial charge in [0.1, 0.15) is 23.8 Å². The number of nitriles is 1. The molecule has 0 saturated carbocycles. The largest absolute Gasteiger partial charge is 0.477 e. The molecule has 1 fully saturated rings. The topological polar surface area (TPSA) is 158 Å². The number of hydrogen-bond acceptors (Lipinski definition) is 9. The van der Waals surface area contributed by atoms with Crippen molar-refractivity contribution in [2.45, 2.75) is 32.2 Å². The van der Waals surface area contributed by atoms with Crippen LogP contribution in [0.2, 0.25) is 0 Å². The van der Waals surface area contributed by atoms with Crippen molar-refractivity contribution in [2.75, 3.05) is 6.61 Å². The van der Waals surface area contributed by atoms with Crippen molar-refractivity contribution in [3.05, 3.63) is 99.5 Å². The molecule has 1 N–H and O–H groups in total. The summed E-state index contributed by atoms with van der Waals surface area (Å²) in [5.41, 5.74) is 0.844. The highest BCUT2D eigenvalue weighted by atomic mass is 19.1. The van der Waals surface area contributed by atoms with Crippen molar-refractivity contribution in [1.82, 2.24) is 29.1 Å². The molecule has 6 rings (SSSR count). The Labute approximate surface area is 241 Å². The first kappa shape index (κ1) is 27.6. The summed E-state index contributed by atoms with van der Waals surface area (Å²) in [7, 11) is 0. The van der Waals surface area contributed by atoms with Gasteiger partial charge in [0.25, 0.3) is 11.4 Å². The number of ether oxygens (including phenoxy) is 2. The first-order valence-corrected chi connectivity index (χ1v) is 13.0. The van der Waals surface area contributed by atoms with Gasteiger partial charge in [-0.1, -0.05) is 6.07 Å². The molecule has 0 spiro atoms. The van der Waals surface area contributed by atoms with Gasteiger partial charge in [-0.05, 0) is 36.8 Å². The lowest BCUT2D eigenvalue weighted by molar-refractivity contribution is -0.0591. The van der Waals surface area contributed by atoms with Crippen LogP contribution in [-0.4, -0.2) is 52.9 Å². The number of carboxylic acids is 1. The zero-order valence-corrected chi connectivity index (χ0v) is 22.3. The number of rotatable bonds is 9. The SMILES string of the molecule is N#Cc1ccc(COc2nc(-c3ccn(Cc4nc5ccc(C(=O)O)nc5n4CC4CCO4)c(=O)c3)ncc2F)c(F)c1. The lowest BCUT2D eigenvalue weighted by Gasteiger charge is -2.27. The second-order valence-corrected chi connectivity index (χ2v) is 9.70. The van der Waals surface area contributed by atoms with E-state index in [1.165, 1.54) is 35.0 Å². The summed E-state index contributed by atoms with van der Waals surface area (Å²) < 4.78 is 42.7. The number of hydrogen-bond donors (Lipinski definition) is 1. The predicted octanol–water partition coefficient (Wildman–Crippen LogP) is 3.31. The summed E-state index contributed by atoms with van der Waals surface area (Å²) in [6.45, 7) is 0.737.